The first-order valence-electron chi connectivity index (χ1n) is 6.46. The van der Waals surface area contributed by atoms with E-state index in [1.54, 1.807) is 6.07 Å². The van der Waals surface area contributed by atoms with Crippen molar-refractivity contribution < 1.29 is 9.18 Å². The van der Waals surface area contributed by atoms with Crippen molar-refractivity contribution in [2.24, 2.45) is 0 Å². The van der Waals surface area contributed by atoms with E-state index in [2.05, 4.69) is 33.9 Å². The molecule has 2 aromatic rings. The molecule has 0 spiro atoms. The van der Waals surface area contributed by atoms with Crippen LogP contribution < -0.4 is 5.32 Å². The fraction of sp³-hybridized carbons (Fsp3) is 0.188. The molecule has 110 valence electrons. The zero-order valence-corrected chi connectivity index (χ0v) is 13.9. The second-order valence-electron chi connectivity index (χ2n) is 4.78. The van der Waals surface area contributed by atoms with E-state index in [0.717, 1.165) is 11.1 Å². The molecule has 1 amide bonds. The van der Waals surface area contributed by atoms with Gasteiger partial charge in [-0.05, 0) is 52.5 Å². The number of anilines is 1. The third-order valence-corrected chi connectivity index (χ3v) is 4.12. The third kappa shape index (κ3) is 4.32. The van der Waals surface area contributed by atoms with Gasteiger partial charge in [-0.25, -0.2) is 4.39 Å². The fourth-order valence-corrected chi connectivity index (χ4v) is 2.66. The van der Waals surface area contributed by atoms with E-state index in [9.17, 15) is 9.18 Å². The monoisotopic (exact) mass is 367 g/mol. The van der Waals surface area contributed by atoms with Crippen molar-refractivity contribution in [3.63, 3.8) is 0 Å². The fourth-order valence-electron chi connectivity index (χ4n) is 1.93. The molecule has 0 heterocycles. The SMILES string of the molecule is Cc1cc(Br)c(F)cc1NC(=O)C(S)Cc1ccccc1. The van der Waals surface area contributed by atoms with Crippen molar-refractivity contribution in [3.8, 4) is 0 Å². The van der Waals surface area contributed by atoms with Gasteiger partial charge in [0, 0.05) is 5.69 Å². The van der Waals surface area contributed by atoms with Crippen LogP contribution >= 0.6 is 28.6 Å². The highest BCUT2D eigenvalue weighted by atomic mass is 79.9. The Morgan fingerprint density at radius 2 is 2.00 bits per heavy atom. The third-order valence-electron chi connectivity index (χ3n) is 3.10. The second kappa shape index (κ2) is 7.09. The molecule has 0 aliphatic rings. The minimum Gasteiger partial charge on any atom is -0.325 e. The zero-order valence-electron chi connectivity index (χ0n) is 11.4. The number of hydrogen-bond acceptors (Lipinski definition) is 2. The average Bonchev–Trinajstić information content (AvgIpc) is 2.45. The lowest BCUT2D eigenvalue weighted by Gasteiger charge is -2.14. The van der Waals surface area contributed by atoms with Gasteiger partial charge in [0.05, 0.1) is 9.72 Å². The number of amides is 1. The molecule has 0 aromatic heterocycles. The lowest BCUT2D eigenvalue weighted by atomic mass is 10.1. The maximum atomic E-state index is 13.5. The first-order valence-corrected chi connectivity index (χ1v) is 7.77. The van der Waals surface area contributed by atoms with E-state index in [1.807, 2.05) is 37.3 Å². The van der Waals surface area contributed by atoms with Crippen molar-refractivity contribution in [1.29, 1.82) is 0 Å². The highest BCUT2D eigenvalue weighted by molar-refractivity contribution is 9.10. The molecule has 0 radical (unpaired) electrons. The van der Waals surface area contributed by atoms with E-state index in [0.29, 0.717) is 16.6 Å². The summed E-state index contributed by atoms with van der Waals surface area (Å²) in [7, 11) is 0. The molecule has 0 saturated carbocycles. The van der Waals surface area contributed by atoms with E-state index >= 15 is 0 Å². The van der Waals surface area contributed by atoms with E-state index in [-0.39, 0.29) is 5.91 Å². The largest absolute Gasteiger partial charge is 0.325 e. The van der Waals surface area contributed by atoms with Gasteiger partial charge in [0.2, 0.25) is 5.91 Å². The summed E-state index contributed by atoms with van der Waals surface area (Å²) in [5.74, 6) is -0.651. The van der Waals surface area contributed by atoms with Gasteiger partial charge in [0.15, 0.2) is 0 Å². The zero-order chi connectivity index (χ0) is 15.4. The van der Waals surface area contributed by atoms with Crippen LogP contribution in [-0.2, 0) is 11.2 Å². The normalized spacial score (nSPS) is 12.0. The molecular formula is C16H15BrFNOS. The molecule has 1 unspecified atom stereocenters. The summed E-state index contributed by atoms with van der Waals surface area (Å²) >= 11 is 7.45. The van der Waals surface area contributed by atoms with Crippen LogP contribution in [0.3, 0.4) is 0 Å². The van der Waals surface area contributed by atoms with Crippen LogP contribution in [0.25, 0.3) is 0 Å². The van der Waals surface area contributed by atoms with Crippen LogP contribution in [0.1, 0.15) is 11.1 Å². The summed E-state index contributed by atoms with van der Waals surface area (Å²) in [6.45, 7) is 1.81. The first-order chi connectivity index (χ1) is 9.97. The molecule has 2 nitrogen and oxygen atoms in total. The van der Waals surface area contributed by atoms with Crippen molar-refractivity contribution in [2.75, 3.05) is 5.32 Å². The second-order valence-corrected chi connectivity index (χ2v) is 6.25. The van der Waals surface area contributed by atoms with Crippen LogP contribution in [0.4, 0.5) is 10.1 Å². The number of rotatable bonds is 4. The van der Waals surface area contributed by atoms with Crippen LogP contribution in [0.15, 0.2) is 46.9 Å². The van der Waals surface area contributed by atoms with Gasteiger partial charge in [-0.15, -0.1) is 0 Å². The highest BCUT2D eigenvalue weighted by Crippen LogP contribution is 2.24. The van der Waals surface area contributed by atoms with Gasteiger partial charge in [0.25, 0.3) is 0 Å². The van der Waals surface area contributed by atoms with Gasteiger partial charge in [0.1, 0.15) is 5.82 Å². The topological polar surface area (TPSA) is 29.1 Å². The van der Waals surface area contributed by atoms with Crippen molar-refractivity contribution >= 4 is 40.2 Å². The van der Waals surface area contributed by atoms with Crippen molar-refractivity contribution in [2.45, 2.75) is 18.6 Å². The molecule has 0 fully saturated rings. The first kappa shape index (κ1) is 16.0. The van der Waals surface area contributed by atoms with Crippen LogP contribution in [-0.4, -0.2) is 11.2 Å². The number of benzene rings is 2. The van der Waals surface area contributed by atoms with E-state index in [1.165, 1.54) is 6.07 Å². The molecule has 1 atom stereocenters. The highest BCUT2D eigenvalue weighted by Gasteiger charge is 2.16. The van der Waals surface area contributed by atoms with Crippen LogP contribution in [0.5, 0.6) is 0 Å². The number of thiol groups is 1. The minimum atomic E-state index is -0.487. The van der Waals surface area contributed by atoms with E-state index < -0.39 is 11.1 Å². The molecule has 0 saturated heterocycles. The summed E-state index contributed by atoms with van der Waals surface area (Å²) in [5, 5.41) is 2.23. The maximum Gasteiger partial charge on any atom is 0.237 e. The Balaban J connectivity index is 2.06. The summed E-state index contributed by atoms with van der Waals surface area (Å²) in [6.07, 6.45) is 0.522. The van der Waals surface area contributed by atoms with Gasteiger partial charge < -0.3 is 5.32 Å². The van der Waals surface area contributed by atoms with Crippen molar-refractivity contribution in [1.82, 2.24) is 0 Å². The lowest BCUT2D eigenvalue weighted by molar-refractivity contribution is -0.115. The molecule has 0 aliphatic heterocycles. The Morgan fingerprint density at radius 3 is 2.67 bits per heavy atom. The summed E-state index contributed by atoms with van der Waals surface area (Å²) < 4.78 is 13.9. The summed E-state index contributed by atoms with van der Waals surface area (Å²) in [5.41, 5.74) is 2.29. The molecule has 5 heteroatoms. The number of nitrogens with one attached hydrogen (secondary N) is 1. The van der Waals surface area contributed by atoms with Gasteiger partial charge in [-0.3, -0.25) is 4.79 Å². The Hall–Kier alpha value is -1.33. The standard InChI is InChI=1S/C16H15BrFNOS/c1-10-7-12(17)13(18)9-14(10)19-16(20)15(21)8-11-5-3-2-4-6-11/h2-7,9,15,21H,8H2,1H3,(H,19,20). The molecular weight excluding hydrogens is 353 g/mol. The molecule has 0 aliphatic carbocycles. The molecule has 21 heavy (non-hydrogen) atoms. The molecule has 2 rings (SSSR count). The molecule has 0 bridgehead atoms. The predicted molar refractivity (Wildman–Crippen MR) is 90.4 cm³/mol. The number of carbonyl (C=O) groups is 1. The maximum absolute atomic E-state index is 13.5. The summed E-state index contributed by atoms with van der Waals surface area (Å²) in [6, 6.07) is 12.6. The smallest absolute Gasteiger partial charge is 0.237 e. The quantitative estimate of drug-likeness (QED) is 0.771. The Bertz CT molecular complexity index is 648. The average molecular weight is 368 g/mol. The van der Waals surface area contributed by atoms with Gasteiger partial charge in [-0.2, -0.15) is 12.6 Å². The Labute approximate surface area is 137 Å². The van der Waals surface area contributed by atoms with Gasteiger partial charge in [-0.1, -0.05) is 30.3 Å². The molecule has 2 aromatic carbocycles. The number of halogens is 2. The number of hydrogen-bond donors (Lipinski definition) is 2. The lowest BCUT2D eigenvalue weighted by Crippen LogP contribution is -2.25. The Morgan fingerprint density at radius 1 is 1.33 bits per heavy atom. The van der Waals surface area contributed by atoms with Gasteiger partial charge >= 0.3 is 0 Å². The number of aryl methyl sites for hydroxylation is 1. The van der Waals surface area contributed by atoms with Crippen LogP contribution in [0, 0.1) is 12.7 Å². The summed E-state index contributed by atoms with van der Waals surface area (Å²) in [4.78, 5) is 12.1. The molecule has 1 N–H and O–H groups in total. The minimum absolute atomic E-state index is 0.244. The number of carbonyl (C=O) groups excluding carboxylic acids is 1. The predicted octanol–water partition coefficient (Wildman–Crippen LogP) is 4.38. The Kier molecular flexibility index (Phi) is 5.42. The van der Waals surface area contributed by atoms with Crippen LogP contribution in [0.2, 0.25) is 0 Å². The van der Waals surface area contributed by atoms with E-state index in [4.69, 9.17) is 0 Å². The van der Waals surface area contributed by atoms with Crippen molar-refractivity contribution in [3.05, 3.63) is 63.9 Å².